The standard InChI is InChI=1S/C12H17N3O3S2/c1-13-20(16,17)11-4-2-10(3-5-11)14-12(19)15-6-8-18-9-7-15/h2-5,13H,6-9H2,1H3,(H,14,19). The van der Waals surface area contributed by atoms with Gasteiger partial charge in [0.2, 0.25) is 10.0 Å². The molecule has 0 unspecified atom stereocenters. The quantitative estimate of drug-likeness (QED) is 0.797. The van der Waals surface area contributed by atoms with Gasteiger partial charge in [0.15, 0.2) is 5.11 Å². The summed E-state index contributed by atoms with van der Waals surface area (Å²) in [6, 6.07) is 6.46. The maximum absolute atomic E-state index is 11.6. The first-order chi connectivity index (χ1) is 9.53. The van der Waals surface area contributed by atoms with E-state index in [0.717, 1.165) is 18.8 Å². The molecule has 1 fully saturated rings. The highest BCUT2D eigenvalue weighted by atomic mass is 32.2. The molecular formula is C12H17N3O3S2. The van der Waals surface area contributed by atoms with Crippen LogP contribution in [0.5, 0.6) is 0 Å². The van der Waals surface area contributed by atoms with Gasteiger partial charge in [0.25, 0.3) is 0 Å². The first kappa shape index (κ1) is 15.2. The van der Waals surface area contributed by atoms with Gasteiger partial charge in [-0.2, -0.15) is 0 Å². The van der Waals surface area contributed by atoms with Crippen molar-refractivity contribution < 1.29 is 13.2 Å². The lowest BCUT2D eigenvalue weighted by Crippen LogP contribution is -2.42. The van der Waals surface area contributed by atoms with Crippen LogP contribution >= 0.6 is 12.2 Å². The minimum Gasteiger partial charge on any atom is -0.378 e. The van der Waals surface area contributed by atoms with Crippen LogP contribution in [0.2, 0.25) is 0 Å². The van der Waals surface area contributed by atoms with Crippen LogP contribution in [0.25, 0.3) is 0 Å². The summed E-state index contributed by atoms with van der Waals surface area (Å²) in [5.41, 5.74) is 0.761. The number of sulfonamides is 1. The summed E-state index contributed by atoms with van der Waals surface area (Å²) in [5, 5.41) is 3.72. The largest absolute Gasteiger partial charge is 0.378 e. The van der Waals surface area contributed by atoms with Crippen LogP contribution in [0.15, 0.2) is 29.2 Å². The number of morpholine rings is 1. The Balaban J connectivity index is 2.02. The van der Waals surface area contributed by atoms with E-state index >= 15 is 0 Å². The topological polar surface area (TPSA) is 70.7 Å². The van der Waals surface area contributed by atoms with Crippen LogP contribution in [0.4, 0.5) is 5.69 Å². The average Bonchev–Trinajstić information content (AvgIpc) is 2.48. The molecule has 1 heterocycles. The van der Waals surface area contributed by atoms with E-state index in [-0.39, 0.29) is 4.90 Å². The average molecular weight is 315 g/mol. The van der Waals surface area contributed by atoms with E-state index in [0.29, 0.717) is 18.3 Å². The third kappa shape index (κ3) is 3.66. The molecule has 20 heavy (non-hydrogen) atoms. The molecule has 0 radical (unpaired) electrons. The number of ether oxygens (including phenoxy) is 1. The van der Waals surface area contributed by atoms with Crippen molar-refractivity contribution >= 4 is 33.0 Å². The fraction of sp³-hybridized carbons (Fsp3) is 0.417. The Hall–Kier alpha value is -1.22. The summed E-state index contributed by atoms with van der Waals surface area (Å²) in [6.45, 7) is 2.86. The van der Waals surface area contributed by atoms with Crippen LogP contribution in [0.1, 0.15) is 0 Å². The first-order valence-electron chi connectivity index (χ1n) is 6.20. The molecule has 0 atom stereocenters. The molecule has 0 aliphatic carbocycles. The van der Waals surface area contributed by atoms with Crippen molar-refractivity contribution in [3.8, 4) is 0 Å². The Bertz CT molecular complexity index is 566. The maximum atomic E-state index is 11.6. The number of hydrogen-bond acceptors (Lipinski definition) is 4. The van der Waals surface area contributed by atoms with E-state index in [1.54, 1.807) is 12.1 Å². The summed E-state index contributed by atoms with van der Waals surface area (Å²) in [7, 11) is -2.02. The smallest absolute Gasteiger partial charge is 0.240 e. The highest BCUT2D eigenvalue weighted by molar-refractivity contribution is 7.89. The van der Waals surface area contributed by atoms with Crippen molar-refractivity contribution in [2.75, 3.05) is 38.7 Å². The Labute approximate surface area is 124 Å². The fourth-order valence-corrected chi connectivity index (χ4v) is 2.83. The lowest BCUT2D eigenvalue weighted by Gasteiger charge is -2.29. The van der Waals surface area contributed by atoms with Gasteiger partial charge in [-0.25, -0.2) is 13.1 Å². The van der Waals surface area contributed by atoms with Gasteiger partial charge in [-0.15, -0.1) is 0 Å². The Morgan fingerprint density at radius 3 is 2.40 bits per heavy atom. The molecule has 0 saturated carbocycles. The third-order valence-electron chi connectivity index (χ3n) is 2.98. The van der Waals surface area contributed by atoms with E-state index in [1.807, 2.05) is 4.90 Å². The minimum absolute atomic E-state index is 0.225. The zero-order valence-corrected chi connectivity index (χ0v) is 12.8. The molecule has 1 saturated heterocycles. The van der Waals surface area contributed by atoms with Gasteiger partial charge in [-0.1, -0.05) is 0 Å². The Morgan fingerprint density at radius 1 is 1.25 bits per heavy atom. The second kappa shape index (κ2) is 6.49. The van der Waals surface area contributed by atoms with Crippen LogP contribution in [0, 0.1) is 0 Å². The van der Waals surface area contributed by atoms with E-state index in [2.05, 4.69) is 10.0 Å². The van der Waals surface area contributed by atoms with Crippen molar-refractivity contribution in [3.05, 3.63) is 24.3 Å². The summed E-state index contributed by atoms with van der Waals surface area (Å²) < 4.78 is 30.7. The van der Waals surface area contributed by atoms with Crippen LogP contribution < -0.4 is 10.0 Å². The molecule has 1 aromatic carbocycles. The number of hydrogen-bond donors (Lipinski definition) is 2. The number of nitrogens with one attached hydrogen (secondary N) is 2. The highest BCUT2D eigenvalue weighted by Crippen LogP contribution is 2.14. The SMILES string of the molecule is CNS(=O)(=O)c1ccc(NC(=S)N2CCOCC2)cc1. The molecule has 1 aliphatic rings. The van der Waals surface area contributed by atoms with Gasteiger partial charge in [0.05, 0.1) is 18.1 Å². The molecule has 110 valence electrons. The van der Waals surface area contributed by atoms with Crippen molar-refractivity contribution in [1.82, 2.24) is 9.62 Å². The Morgan fingerprint density at radius 2 is 1.85 bits per heavy atom. The van der Waals surface area contributed by atoms with Crippen LogP contribution in [-0.4, -0.2) is 51.8 Å². The van der Waals surface area contributed by atoms with Crippen molar-refractivity contribution in [3.63, 3.8) is 0 Å². The molecule has 0 bridgehead atoms. The van der Waals surface area contributed by atoms with Crippen molar-refractivity contribution in [2.24, 2.45) is 0 Å². The molecule has 8 heteroatoms. The maximum Gasteiger partial charge on any atom is 0.240 e. The summed E-state index contributed by atoms with van der Waals surface area (Å²) in [4.78, 5) is 2.25. The molecule has 1 aliphatic heterocycles. The second-order valence-corrected chi connectivity index (χ2v) is 6.53. The van der Waals surface area contributed by atoms with Crippen LogP contribution in [0.3, 0.4) is 0 Å². The molecule has 1 aromatic rings. The van der Waals surface area contributed by atoms with Crippen molar-refractivity contribution in [1.29, 1.82) is 0 Å². The van der Waals surface area contributed by atoms with Gasteiger partial charge in [-0.3, -0.25) is 0 Å². The number of benzene rings is 1. The van der Waals surface area contributed by atoms with E-state index in [1.165, 1.54) is 19.2 Å². The molecule has 0 amide bonds. The molecular weight excluding hydrogens is 298 g/mol. The molecule has 0 spiro atoms. The number of rotatable bonds is 3. The summed E-state index contributed by atoms with van der Waals surface area (Å²) in [6.07, 6.45) is 0. The van der Waals surface area contributed by atoms with E-state index < -0.39 is 10.0 Å². The summed E-state index contributed by atoms with van der Waals surface area (Å²) in [5.74, 6) is 0. The normalized spacial score (nSPS) is 15.9. The molecule has 2 N–H and O–H groups in total. The minimum atomic E-state index is -3.40. The van der Waals surface area contributed by atoms with Gasteiger partial charge in [-0.05, 0) is 43.5 Å². The number of thiocarbonyl (C=S) groups is 1. The fourth-order valence-electron chi connectivity index (χ4n) is 1.80. The monoisotopic (exact) mass is 315 g/mol. The second-order valence-electron chi connectivity index (χ2n) is 4.26. The van der Waals surface area contributed by atoms with Crippen LogP contribution in [-0.2, 0) is 14.8 Å². The lowest BCUT2D eigenvalue weighted by atomic mass is 10.3. The number of nitrogens with zero attached hydrogens (tertiary/aromatic N) is 1. The predicted octanol–water partition coefficient (Wildman–Crippen LogP) is 0.624. The van der Waals surface area contributed by atoms with Gasteiger partial charge >= 0.3 is 0 Å². The Kier molecular flexibility index (Phi) is 4.92. The molecule has 0 aromatic heterocycles. The zero-order valence-electron chi connectivity index (χ0n) is 11.1. The van der Waals surface area contributed by atoms with Gasteiger partial charge in [0.1, 0.15) is 0 Å². The van der Waals surface area contributed by atoms with Gasteiger partial charge in [0, 0.05) is 18.8 Å². The predicted molar refractivity (Wildman–Crippen MR) is 81.3 cm³/mol. The third-order valence-corrected chi connectivity index (χ3v) is 4.77. The number of anilines is 1. The van der Waals surface area contributed by atoms with Crippen molar-refractivity contribution in [2.45, 2.75) is 4.90 Å². The van der Waals surface area contributed by atoms with E-state index in [4.69, 9.17) is 17.0 Å². The first-order valence-corrected chi connectivity index (χ1v) is 8.09. The summed E-state index contributed by atoms with van der Waals surface area (Å²) >= 11 is 5.31. The lowest BCUT2D eigenvalue weighted by molar-refractivity contribution is 0.0690. The van der Waals surface area contributed by atoms with Gasteiger partial charge < -0.3 is 15.0 Å². The molecule has 6 nitrogen and oxygen atoms in total. The van der Waals surface area contributed by atoms with E-state index in [9.17, 15) is 8.42 Å². The zero-order chi connectivity index (χ0) is 14.6. The highest BCUT2D eigenvalue weighted by Gasteiger charge is 2.14. The molecule has 2 rings (SSSR count).